The van der Waals surface area contributed by atoms with Gasteiger partial charge in [0.15, 0.2) is 18.5 Å². The van der Waals surface area contributed by atoms with Crippen molar-refractivity contribution >= 4 is 70.8 Å². The van der Waals surface area contributed by atoms with Crippen molar-refractivity contribution in [3.05, 3.63) is 30.3 Å². The monoisotopic (exact) mass is 587 g/mol. The van der Waals surface area contributed by atoms with Crippen molar-refractivity contribution < 1.29 is 47.0 Å². The maximum absolute atomic E-state index is 12.5. The van der Waals surface area contributed by atoms with Gasteiger partial charge in [-0.05, 0) is 12.1 Å². The summed E-state index contributed by atoms with van der Waals surface area (Å²) in [6, 6.07) is 7.60. The molecule has 1 aromatic rings. The molecule has 0 bridgehead atoms. The summed E-state index contributed by atoms with van der Waals surface area (Å²) in [6.45, 7) is 2.46. The summed E-state index contributed by atoms with van der Waals surface area (Å²) < 4.78 is 30.5. The summed E-state index contributed by atoms with van der Waals surface area (Å²) in [6.07, 6.45) is -6.15. The van der Waals surface area contributed by atoms with Gasteiger partial charge in [0.25, 0.3) is 0 Å². The number of carbonyl (C=O) groups excluding carboxylic acids is 4. The minimum absolute atomic E-state index is 0.370. The van der Waals surface area contributed by atoms with Crippen LogP contribution in [0.1, 0.15) is 20.8 Å². The van der Waals surface area contributed by atoms with E-state index >= 15 is 0 Å². The summed E-state index contributed by atoms with van der Waals surface area (Å²) in [5, 5.41) is 2.45. The van der Waals surface area contributed by atoms with Gasteiger partial charge in [-0.1, -0.05) is 53.0 Å². The van der Waals surface area contributed by atoms with Crippen molar-refractivity contribution in [2.24, 2.45) is 0 Å². The van der Waals surface area contributed by atoms with Gasteiger partial charge in [0.2, 0.25) is 3.79 Å². The lowest BCUT2D eigenvalue weighted by Gasteiger charge is -2.44. The number of carbonyl (C=O) groups is 4. The van der Waals surface area contributed by atoms with Gasteiger partial charge in [-0.2, -0.15) is 0 Å². The molecule has 11 nitrogen and oxygen atoms in total. The maximum atomic E-state index is 12.5. The van der Waals surface area contributed by atoms with Crippen molar-refractivity contribution in [2.45, 2.75) is 60.1 Å². The molecule has 0 saturated carbocycles. The van der Waals surface area contributed by atoms with Gasteiger partial charge >= 0.3 is 24.0 Å². The highest BCUT2D eigenvalue weighted by Crippen LogP contribution is 2.32. The average molecular weight is 589 g/mol. The highest BCUT2D eigenvalue weighted by molar-refractivity contribution is 7.94. The molecule has 5 atom stereocenters. The number of hydrogen-bond donors (Lipinski definition) is 1. The molecule has 0 spiro atoms. The largest absolute Gasteiger partial charge is 0.463 e. The van der Waals surface area contributed by atoms with Crippen LogP contribution >= 0.6 is 46.8 Å². The molecule has 2 rings (SSSR count). The number of ether oxygens (including phenoxy) is 5. The zero-order chi connectivity index (χ0) is 26.9. The van der Waals surface area contributed by atoms with Gasteiger partial charge in [-0.25, -0.2) is 4.79 Å². The number of alkyl carbamates (subject to hydrolysis) is 1. The number of amides is 1. The molecule has 1 fully saturated rings. The predicted octanol–water partition coefficient (Wildman–Crippen LogP) is 3.33. The Morgan fingerprint density at radius 2 is 1.56 bits per heavy atom. The minimum atomic E-state index is -1.88. The Kier molecular flexibility index (Phi) is 11.9. The number of alkyl halides is 3. The Labute approximate surface area is 226 Å². The fraction of sp³-hybridized carbons (Fsp3) is 0.524. The van der Waals surface area contributed by atoms with E-state index in [1.807, 2.05) is 6.07 Å². The maximum Gasteiger partial charge on any atom is 0.407 e. The van der Waals surface area contributed by atoms with Crippen LogP contribution in [0.2, 0.25) is 0 Å². The van der Waals surface area contributed by atoms with Crippen molar-refractivity contribution in [3.8, 4) is 0 Å². The Hall–Kier alpha value is -1.96. The summed E-state index contributed by atoms with van der Waals surface area (Å²) in [4.78, 5) is 48.4. The van der Waals surface area contributed by atoms with Gasteiger partial charge in [0.05, 0.1) is 0 Å². The van der Waals surface area contributed by atoms with E-state index in [1.54, 1.807) is 24.3 Å². The number of hydrogen-bond acceptors (Lipinski definition) is 11. The van der Waals surface area contributed by atoms with Gasteiger partial charge in [0, 0.05) is 37.7 Å². The predicted molar refractivity (Wildman–Crippen MR) is 128 cm³/mol. The number of nitrogens with one attached hydrogen (secondary N) is 1. The molecule has 1 aromatic carbocycles. The highest BCUT2D eigenvalue weighted by atomic mass is 35.6. The van der Waals surface area contributed by atoms with E-state index < -0.39 is 65.0 Å². The normalized spacial score (nSPS) is 23.8. The lowest BCUT2D eigenvalue weighted by molar-refractivity contribution is -0.253. The van der Waals surface area contributed by atoms with Crippen LogP contribution in [0.5, 0.6) is 0 Å². The van der Waals surface area contributed by atoms with Crippen molar-refractivity contribution in [1.82, 2.24) is 5.32 Å². The molecule has 1 amide bonds. The third-order valence-corrected chi connectivity index (χ3v) is 5.41. The van der Waals surface area contributed by atoms with Crippen molar-refractivity contribution in [1.29, 1.82) is 0 Å². The summed E-state index contributed by atoms with van der Waals surface area (Å²) in [7, 11) is 0. The lowest BCUT2D eigenvalue weighted by Crippen LogP contribution is -2.66. The van der Waals surface area contributed by atoms with Crippen LogP contribution in [-0.2, 0) is 42.3 Å². The van der Waals surface area contributed by atoms with Gasteiger partial charge in [-0.15, -0.1) is 0 Å². The zero-order valence-electron chi connectivity index (χ0n) is 19.3. The first-order valence-electron chi connectivity index (χ1n) is 10.4. The quantitative estimate of drug-likeness (QED) is 0.197. The summed E-state index contributed by atoms with van der Waals surface area (Å²) >= 11 is 17.8. The summed E-state index contributed by atoms with van der Waals surface area (Å²) in [5.41, 5.74) is 0. The number of halogens is 3. The zero-order valence-corrected chi connectivity index (χ0v) is 22.4. The third kappa shape index (κ3) is 10.6. The molecular weight excluding hydrogens is 565 g/mol. The molecule has 1 saturated heterocycles. The molecule has 0 aliphatic carbocycles. The topological polar surface area (TPSA) is 136 Å². The van der Waals surface area contributed by atoms with E-state index in [4.69, 9.17) is 62.7 Å². The SMILES string of the molecule is CC(=O)OC[C@H]1O[C@@H](OSc2ccccc2)[C@H](NC(=O)OCC(Cl)(Cl)Cl)[C@@H](OC(C)=O)[C@H]1OC(C)=O. The molecule has 1 heterocycles. The molecule has 1 N–H and O–H groups in total. The van der Waals surface area contributed by atoms with Gasteiger partial charge < -0.3 is 29.0 Å². The molecule has 36 heavy (non-hydrogen) atoms. The van der Waals surface area contributed by atoms with E-state index in [2.05, 4.69) is 5.32 Å². The van der Waals surface area contributed by atoms with Crippen LogP contribution in [0.15, 0.2) is 35.2 Å². The van der Waals surface area contributed by atoms with Crippen molar-refractivity contribution in [2.75, 3.05) is 13.2 Å². The minimum Gasteiger partial charge on any atom is -0.463 e. The van der Waals surface area contributed by atoms with Crippen LogP contribution < -0.4 is 5.32 Å². The Morgan fingerprint density at radius 1 is 0.944 bits per heavy atom. The first kappa shape index (κ1) is 30.3. The van der Waals surface area contributed by atoms with Crippen molar-refractivity contribution in [3.63, 3.8) is 0 Å². The van der Waals surface area contributed by atoms with Crippen LogP contribution in [0.25, 0.3) is 0 Å². The van der Waals surface area contributed by atoms with Crippen LogP contribution in [0, 0.1) is 0 Å². The lowest BCUT2D eigenvalue weighted by atomic mass is 9.96. The second-order valence-corrected chi connectivity index (χ2v) is 10.7. The summed E-state index contributed by atoms with van der Waals surface area (Å²) in [5.74, 6) is -2.14. The second kappa shape index (κ2) is 14.1. The fourth-order valence-electron chi connectivity index (χ4n) is 3.04. The van der Waals surface area contributed by atoms with Crippen LogP contribution in [0.3, 0.4) is 0 Å². The standard InChI is InChI=1S/C21H24Cl3NO10S/c1-11(26)30-9-15-17(32-12(2)27)18(33-13(3)28)16(25-20(29)31-10-21(22,23)24)19(34-15)35-36-14-7-5-4-6-8-14/h4-8,15-19H,9-10H2,1-3H3,(H,25,29)/t15-,16-,17+,18-,19+/m1/s1. The number of esters is 3. The smallest absolute Gasteiger partial charge is 0.407 e. The third-order valence-electron chi connectivity index (χ3n) is 4.34. The first-order valence-corrected chi connectivity index (χ1v) is 12.2. The Morgan fingerprint density at radius 3 is 2.11 bits per heavy atom. The molecule has 0 aromatic heterocycles. The van der Waals surface area contributed by atoms with E-state index in [9.17, 15) is 19.2 Å². The van der Waals surface area contributed by atoms with Gasteiger partial charge in [-0.3, -0.25) is 18.6 Å². The second-order valence-electron chi connectivity index (χ2n) is 7.35. The van der Waals surface area contributed by atoms with E-state index in [0.29, 0.717) is 4.90 Å². The van der Waals surface area contributed by atoms with E-state index in [1.165, 1.54) is 6.92 Å². The van der Waals surface area contributed by atoms with Crippen LogP contribution in [-0.4, -0.2) is 71.7 Å². The molecule has 0 radical (unpaired) electrons. The fourth-order valence-corrected chi connectivity index (χ4v) is 3.85. The van der Waals surface area contributed by atoms with E-state index in [0.717, 1.165) is 25.9 Å². The average Bonchev–Trinajstić information content (AvgIpc) is 2.78. The van der Waals surface area contributed by atoms with Gasteiger partial charge in [0.1, 0.15) is 25.4 Å². The van der Waals surface area contributed by atoms with E-state index in [-0.39, 0.29) is 6.61 Å². The molecule has 1 aliphatic rings. The number of benzene rings is 1. The molecular formula is C21H24Cl3NO10S. The molecule has 0 unspecified atom stereocenters. The van der Waals surface area contributed by atoms with Crippen LogP contribution in [0.4, 0.5) is 4.79 Å². The molecule has 15 heteroatoms. The number of rotatable bonds is 9. The Bertz CT molecular complexity index is 917. The molecule has 1 aliphatic heterocycles. The first-order chi connectivity index (χ1) is 16.9. The highest BCUT2D eigenvalue weighted by Gasteiger charge is 2.52. The molecule has 200 valence electrons. The Balaban J connectivity index is 2.38.